The lowest BCUT2D eigenvalue weighted by molar-refractivity contribution is -0.122. The second kappa shape index (κ2) is 6.57. The van der Waals surface area contributed by atoms with Gasteiger partial charge in [0.25, 0.3) is 5.91 Å². The van der Waals surface area contributed by atoms with Gasteiger partial charge in [-0.05, 0) is 30.5 Å². The lowest BCUT2D eigenvalue weighted by atomic mass is 10.1. The van der Waals surface area contributed by atoms with Gasteiger partial charge in [-0.25, -0.2) is 0 Å². The first-order valence-electron chi connectivity index (χ1n) is 6.41. The van der Waals surface area contributed by atoms with E-state index in [1.807, 2.05) is 12.1 Å². The summed E-state index contributed by atoms with van der Waals surface area (Å²) in [6, 6.07) is 7.15. The fourth-order valence-corrected chi connectivity index (χ4v) is 1.88. The lowest BCUT2D eigenvalue weighted by Crippen LogP contribution is -2.35. The summed E-state index contributed by atoms with van der Waals surface area (Å²) < 4.78 is 0. The summed E-state index contributed by atoms with van der Waals surface area (Å²) in [7, 11) is 0. The van der Waals surface area contributed by atoms with E-state index < -0.39 is 0 Å². The van der Waals surface area contributed by atoms with Crippen LogP contribution in [0.1, 0.15) is 28.8 Å². The summed E-state index contributed by atoms with van der Waals surface area (Å²) in [4.78, 5) is 23.1. The minimum Gasteiger partial charge on any atom is -0.354 e. The number of amides is 2. The quantitative estimate of drug-likeness (QED) is 0.615. The third-order valence-corrected chi connectivity index (χ3v) is 3.34. The summed E-state index contributed by atoms with van der Waals surface area (Å²) >= 11 is 5.68. The molecular weight excluding hydrogens is 264 g/mol. The Bertz CT molecular complexity index is 455. The van der Waals surface area contributed by atoms with Crippen LogP contribution in [-0.2, 0) is 10.7 Å². The van der Waals surface area contributed by atoms with Crippen molar-refractivity contribution in [2.45, 2.75) is 18.7 Å². The average Bonchev–Trinajstić information content (AvgIpc) is 3.27. The number of rotatable bonds is 6. The second-order valence-electron chi connectivity index (χ2n) is 4.65. The highest BCUT2D eigenvalue weighted by Crippen LogP contribution is 2.28. The van der Waals surface area contributed by atoms with Crippen LogP contribution >= 0.6 is 11.6 Å². The van der Waals surface area contributed by atoms with Crippen molar-refractivity contribution < 1.29 is 9.59 Å². The molecule has 2 rings (SSSR count). The van der Waals surface area contributed by atoms with Crippen LogP contribution in [0.15, 0.2) is 24.3 Å². The molecule has 2 amide bonds. The van der Waals surface area contributed by atoms with E-state index in [-0.39, 0.29) is 17.7 Å². The van der Waals surface area contributed by atoms with Gasteiger partial charge in [0.2, 0.25) is 5.91 Å². The van der Waals surface area contributed by atoms with Gasteiger partial charge in [-0.2, -0.15) is 0 Å². The number of halogens is 1. The molecule has 1 aromatic carbocycles. The van der Waals surface area contributed by atoms with Gasteiger partial charge < -0.3 is 10.6 Å². The van der Waals surface area contributed by atoms with Gasteiger partial charge in [0.1, 0.15) is 0 Å². The Labute approximate surface area is 117 Å². The third kappa shape index (κ3) is 4.24. The van der Waals surface area contributed by atoms with Crippen LogP contribution in [0, 0.1) is 5.92 Å². The molecule has 1 aliphatic carbocycles. The zero-order valence-electron chi connectivity index (χ0n) is 10.6. The van der Waals surface area contributed by atoms with Crippen LogP contribution in [0.2, 0.25) is 0 Å². The van der Waals surface area contributed by atoms with Crippen molar-refractivity contribution in [3.8, 4) is 0 Å². The maximum absolute atomic E-state index is 11.8. The van der Waals surface area contributed by atoms with Gasteiger partial charge in [-0.3, -0.25) is 9.59 Å². The monoisotopic (exact) mass is 280 g/mol. The van der Waals surface area contributed by atoms with Crippen LogP contribution in [0.5, 0.6) is 0 Å². The van der Waals surface area contributed by atoms with E-state index in [1.54, 1.807) is 12.1 Å². The Balaban J connectivity index is 1.69. The van der Waals surface area contributed by atoms with Gasteiger partial charge in [-0.1, -0.05) is 12.1 Å². The number of benzene rings is 1. The minimum atomic E-state index is -0.137. The second-order valence-corrected chi connectivity index (χ2v) is 4.92. The Kier molecular flexibility index (Phi) is 4.80. The van der Waals surface area contributed by atoms with Crippen molar-refractivity contribution in [2.75, 3.05) is 13.1 Å². The first-order valence-corrected chi connectivity index (χ1v) is 6.95. The van der Waals surface area contributed by atoms with Gasteiger partial charge in [0.15, 0.2) is 0 Å². The van der Waals surface area contributed by atoms with E-state index in [4.69, 9.17) is 11.6 Å². The van der Waals surface area contributed by atoms with Crippen LogP contribution < -0.4 is 10.6 Å². The van der Waals surface area contributed by atoms with E-state index in [9.17, 15) is 9.59 Å². The SMILES string of the molecule is O=C(NCCNC(=O)C1CC1)c1ccc(CCl)cc1. The molecule has 0 spiro atoms. The normalized spacial score (nSPS) is 13.9. The third-order valence-electron chi connectivity index (χ3n) is 3.03. The number of hydrogen-bond donors (Lipinski definition) is 2. The van der Waals surface area contributed by atoms with E-state index in [0.29, 0.717) is 24.5 Å². The highest BCUT2D eigenvalue weighted by molar-refractivity contribution is 6.17. The molecule has 0 unspecified atom stereocenters. The maximum Gasteiger partial charge on any atom is 0.251 e. The Morgan fingerprint density at radius 1 is 1.11 bits per heavy atom. The van der Waals surface area contributed by atoms with Crippen LogP contribution in [0.4, 0.5) is 0 Å². The molecule has 102 valence electrons. The summed E-state index contributed by atoms with van der Waals surface area (Å²) in [6.07, 6.45) is 1.98. The Hall–Kier alpha value is -1.55. The fraction of sp³-hybridized carbons (Fsp3) is 0.429. The molecule has 0 atom stereocenters. The molecule has 1 aromatic rings. The van der Waals surface area contributed by atoms with Crippen LogP contribution in [0.3, 0.4) is 0 Å². The molecule has 0 radical (unpaired) electrons. The molecule has 4 nitrogen and oxygen atoms in total. The minimum absolute atomic E-state index is 0.0979. The van der Waals surface area contributed by atoms with E-state index >= 15 is 0 Å². The first-order chi connectivity index (χ1) is 9.20. The van der Waals surface area contributed by atoms with Crippen molar-refractivity contribution in [2.24, 2.45) is 5.92 Å². The Morgan fingerprint density at radius 2 is 1.74 bits per heavy atom. The van der Waals surface area contributed by atoms with Crippen molar-refractivity contribution in [1.82, 2.24) is 10.6 Å². The van der Waals surface area contributed by atoms with Crippen molar-refractivity contribution in [3.63, 3.8) is 0 Å². The number of carbonyl (C=O) groups is 2. The number of nitrogens with one attached hydrogen (secondary N) is 2. The number of hydrogen-bond acceptors (Lipinski definition) is 2. The lowest BCUT2D eigenvalue weighted by Gasteiger charge is -2.07. The summed E-state index contributed by atoms with van der Waals surface area (Å²) in [5.74, 6) is 0.607. The zero-order valence-corrected chi connectivity index (χ0v) is 11.4. The molecule has 2 N–H and O–H groups in total. The highest BCUT2D eigenvalue weighted by Gasteiger charge is 2.28. The highest BCUT2D eigenvalue weighted by atomic mass is 35.5. The molecule has 5 heteroatoms. The molecule has 1 saturated carbocycles. The van der Waals surface area contributed by atoms with Crippen molar-refractivity contribution in [3.05, 3.63) is 35.4 Å². The molecule has 0 heterocycles. The zero-order chi connectivity index (χ0) is 13.7. The molecule has 1 fully saturated rings. The van der Waals surface area contributed by atoms with Crippen LogP contribution in [-0.4, -0.2) is 24.9 Å². The first kappa shape index (κ1) is 13.9. The standard InChI is InChI=1S/C14H17ClN2O2/c15-9-10-1-3-11(4-2-10)13(18)16-7-8-17-14(19)12-5-6-12/h1-4,12H,5-9H2,(H,16,18)(H,17,19). The molecule has 0 aromatic heterocycles. The Morgan fingerprint density at radius 3 is 2.32 bits per heavy atom. The largest absolute Gasteiger partial charge is 0.354 e. The summed E-state index contributed by atoms with van der Waals surface area (Å²) in [5, 5.41) is 5.56. The van der Waals surface area contributed by atoms with Crippen LogP contribution in [0.25, 0.3) is 0 Å². The molecule has 0 bridgehead atoms. The molecular formula is C14H17ClN2O2. The van der Waals surface area contributed by atoms with Gasteiger partial charge in [0.05, 0.1) is 0 Å². The van der Waals surface area contributed by atoms with Crippen molar-refractivity contribution >= 4 is 23.4 Å². The maximum atomic E-state index is 11.8. The predicted molar refractivity (Wildman–Crippen MR) is 74.1 cm³/mol. The molecule has 1 aliphatic rings. The fourth-order valence-electron chi connectivity index (χ4n) is 1.70. The van der Waals surface area contributed by atoms with E-state index in [0.717, 1.165) is 18.4 Å². The average molecular weight is 281 g/mol. The summed E-state index contributed by atoms with van der Waals surface area (Å²) in [6.45, 7) is 0.912. The molecule has 19 heavy (non-hydrogen) atoms. The smallest absolute Gasteiger partial charge is 0.251 e. The number of alkyl halides is 1. The predicted octanol–water partition coefficient (Wildman–Crippen LogP) is 1.68. The topological polar surface area (TPSA) is 58.2 Å². The molecule has 0 aliphatic heterocycles. The van der Waals surface area contributed by atoms with E-state index in [2.05, 4.69) is 10.6 Å². The molecule has 0 saturated heterocycles. The number of carbonyl (C=O) groups excluding carboxylic acids is 2. The van der Waals surface area contributed by atoms with Gasteiger partial charge in [-0.15, -0.1) is 11.6 Å². The van der Waals surface area contributed by atoms with E-state index in [1.165, 1.54) is 0 Å². The van der Waals surface area contributed by atoms with Gasteiger partial charge in [0, 0.05) is 30.5 Å². The summed E-state index contributed by atoms with van der Waals surface area (Å²) in [5.41, 5.74) is 1.58. The van der Waals surface area contributed by atoms with Crippen molar-refractivity contribution in [1.29, 1.82) is 0 Å². The van der Waals surface area contributed by atoms with Gasteiger partial charge >= 0.3 is 0 Å².